The monoisotopic (exact) mass is 789 g/mol. The van der Waals surface area contributed by atoms with Gasteiger partial charge < -0.3 is 9.32 Å². The average molecular weight is 790 g/mol. The number of hydrogen-bond donors (Lipinski definition) is 0. The lowest BCUT2D eigenvalue weighted by molar-refractivity contribution is 0.669. The number of anilines is 3. The van der Waals surface area contributed by atoms with Crippen molar-refractivity contribution in [3.8, 4) is 44.5 Å². The Kier molecular flexibility index (Phi) is 8.53. The molecule has 0 aliphatic heterocycles. The third-order valence-electron chi connectivity index (χ3n) is 12.5. The lowest BCUT2D eigenvalue weighted by atomic mass is 9.95. The molecule has 62 heavy (non-hydrogen) atoms. The molecule has 2 heteroatoms. The fourth-order valence-corrected chi connectivity index (χ4v) is 9.45. The first kappa shape index (κ1) is 35.7. The second-order valence-corrected chi connectivity index (χ2v) is 16.0. The quantitative estimate of drug-likeness (QED) is 0.150. The Labute approximate surface area is 360 Å². The number of para-hydroxylation sites is 2. The van der Waals surface area contributed by atoms with Crippen molar-refractivity contribution in [1.82, 2.24) is 0 Å². The van der Waals surface area contributed by atoms with Gasteiger partial charge in [0.25, 0.3) is 0 Å². The van der Waals surface area contributed by atoms with Crippen molar-refractivity contribution in [3.63, 3.8) is 0 Å². The number of rotatable bonds is 7. The Balaban J connectivity index is 0.951. The van der Waals surface area contributed by atoms with E-state index in [9.17, 15) is 0 Å². The minimum Gasteiger partial charge on any atom is -0.456 e. The summed E-state index contributed by atoms with van der Waals surface area (Å²) in [6.45, 7) is 0. The van der Waals surface area contributed by atoms with E-state index in [-0.39, 0.29) is 0 Å². The van der Waals surface area contributed by atoms with Crippen LogP contribution in [0.1, 0.15) is 0 Å². The molecule has 290 valence electrons. The van der Waals surface area contributed by atoms with Gasteiger partial charge in [-0.25, -0.2) is 0 Å². The van der Waals surface area contributed by atoms with Crippen LogP contribution in [0, 0.1) is 0 Å². The average Bonchev–Trinajstić information content (AvgIpc) is 3.74. The molecule has 1 heterocycles. The Bertz CT molecular complexity index is 3610. The Morgan fingerprint density at radius 1 is 0.274 bits per heavy atom. The van der Waals surface area contributed by atoms with Crippen LogP contribution in [-0.4, -0.2) is 0 Å². The molecule has 0 aliphatic rings. The van der Waals surface area contributed by atoms with Gasteiger partial charge in [-0.05, 0) is 120 Å². The van der Waals surface area contributed by atoms with Gasteiger partial charge in [-0.2, -0.15) is 0 Å². The van der Waals surface area contributed by atoms with E-state index < -0.39 is 0 Å². The van der Waals surface area contributed by atoms with Crippen LogP contribution in [0.15, 0.2) is 241 Å². The van der Waals surface area contributed by atoms with Crippen LogP contribution in [0.25, 0.3) is 98.8 Å². The van der Waals surface area contributed by atoms with Gasteiger partial charge in [0, 0.05) is 27.7 Å². The molecule has 2 nitrogen and oxygen atoms in total. The minimum atomic E-state index is 0.898. The topological polar surface area (TPSA) is 16.4 Å². The van der Waals surface area contributed by atoms with Gasteiger partial charge in [0.2, 0.25) is 0 Å². The first-order valence-electron chi connectivity index (χ1n) is 21.2. The normalized spacial score (nSPS) is 11.5. The Morgan fingerprint density at radius 2 is 0.758 bits per heavy atom. The molecule has 0 fully saturated rings. The van der Waals surface area contributed by atoms with Gasteiger partial charge >= 0.3 is 0 Å². The van der Waals surface area contributed by atoms with E-state index in [1.54, 1.807) is 0 Å². The summed E-state index contributed by atoms with van der Waals surface area (Å²) in [6, 6.07) is 85.5. The molecule has 0 saturated carbocycles. The fourth-order valence-electron chi connectivity index (χ4n) is 9.45. The highest BCUT2D eigenvalue weighted by atomic mass is 16.3. The van der Waals surface area contributed by atoms with Crippen LogP contribution < -0.4 is 4.90 Å². The number of hydrogen-bond acceptors (Lipinski definition) is 2. The Hall–Kier alpha value is -8.20. The number of nitrogens with zero attached hydrogens (tertiary/aromatic N) is 1. The maximum Gasteiger partial charge on any atom is 0.136 e. The molecule has 0 aliphatic carbocycles. The minimum absolute atomic E-state index is 0.898. The molecule has 11 aromatic carbocycles. The summed E-state index contributed by atoms with van der Waals surface area (Å²) in [4.78, 5) is 2.39. The highest BCUT2D eigenvalue weighted by molar-refractivity contribution is 6.12. The molecule has 0 atom stereocenters. The summed E-state index contributed by atoms with van der Waals surface area (Å²) in [5.41, 5.74) is 14.5. The fraction of sp³-hybridized carbons (Fsp3) is 0. The highest BCUT2D eigenvalue weighted by Crippen LogP contribution is 2.44. The van der Waals surface area contributed by atoms with Crippen molar-refractivity contribution in [2.45, 2.75) is 0 Å². The van der Waals surface area contributed by atoms with Crippen LogP contribution in [0.2, 0.25) is 0 Å². The third-order valence-corrected chi connectivity index (χ3v) is 12.5. The van der Waals surface area contributed by atoms with E-state index in [0.29, 0.717) is 0 Å². The molecule has 1 aromatic heterocycles. The van der Waals surface area contributed by atoms with Gasteiger partial charge in [-0.1, -0.05) is 188 Å². The molecule has 0 radical (unpaired) electrons. The second-order valence-electron chi connectivity index (χ2n) is 16.0. The van der Waals surface area contributed by atoms with Gasteiger partial charge in [0.15, 0.2) is 0 Å². The van der Waals surface area contributed by atoms with Crippen molar-refractivity contribution in [2.24, 2.45) is 0 Å². The number of fused-ring (bicyclic) bond motifs is 7. The van der Waals surface area contributed by atoms with Gasteiger partial charge in [-0.15, -0.1) is 0 Å². The smallest absolute Gasteiger partial charge is 0.136 e. The van der Waals surface area contributed by atoms with Crippen molar-refractivity contribution in [3.05, 3.63) is 237 Å². The van der Waals surface area contributed by atoms with E-state index in [4.69, 9.17) is 4.42 Å². The summed E-state index contributed by atoms with van der Waals surface area (Å²) in [6.07, 6.45) is 0. The van der Waals surface area contributed by atoms with Crippen molar-refractivity contribution < 1.29 is 4.42 Å². The van der Waals surface area contributed by atoms with Gasteiger partial charge in [0.05, 0.1) is 5.69 Å². The molecule has 0 unspecified atom stereocenters. The standard InChI is InChI=1S/C60H39NO/c1-3-14-50-41(11-1)13-9-18-52(50)43-29-34-48(35-30-43)61(49-36-31-45(32-37-49)55-19-10-22-59-60(55)56-17-6-8-21-58(56)62-59)57-20-7-5-16-54(57)44-25-23-40(24-26-44)46-33-38-53-47(39-46)28-27-42-12-2-4-15-51(42)53/h1-39H. The molecular weight excluding hydrogens is 751 g/mol. The predicted molar refractivity (Wildman–Crippen MR) is 263 cm³/mol. The second kappa shape index (κ2) is 14.8. The van der Waals surface area contributed by atoms with Gasteiger partial charge in [-0.3, -0.25) is 0 Å². The first-order chi connectivity index (χ1) is 30.7. The zero-order valence-electron chi connectivity index (χ0n) is 33.9. The van der Waals surface area contributed by atoms with Crippen molar-refractivity contribution >= 4 is 71.3 Å². The van der Waals surface area contributed by atoms with E-state index in [2.05, 4.69) is 229 Å². The van der Waals surface area contributed by atoms with E-state index >= 15 is 0 Å². The largest absolute Gasteiger partial charge is 0.456 e. The Morgan fingerprint density at radius 3 is 1.55 bits per heavy atom. The molecular formula is C60H39NO. The van der Waals surface area contributed by atoms with E-state index in [1.165, 1.54) is 54.6 Å². The zero-order valence-corrected chi connectivity index (χ0v) is 33.9. The van der Waals surface area contributed by atoms with Crippen molar-refractivity contribution in [1.29, 1.82) is 0 Å². The molecule has 0 bridgehead atoms. The highest BCUT2D eigenvalue weighted by Gasteiger charge is 2.19. The first-order valence-corrected chi connectivity index (χ1v) is 21.2. The molecule has 0 saturated heterocycles. The summed E-state index contributed by atoms with van der Waals surface area (Å²) in [5, 5.41) is 9.84. The summed E-state index contributed by atoms with van der Waals surface area (Å²) in [7, 11) is 0. The van der Waals surface area contributed by atoms with E-state index in [1.807, 2.05) is 12.1 Å². The van der Waals surface area contributed by atoms with Crippen LogP contribution >= 0.6 is 0 Å². The summed E-state index contributed by atoms with van der Waals surface area (Å²) >= 11 is 0. The number of benzene rings is 11. The van der Waals surface area contributed by atoms with Gasteiger partial charge in [0.1, 0.15) is 11.2 Å². The molecule has 12 aromatic rings. The maximum atomic E-state index is 6.27. The molecule has 0 spiro atoms. The molecule has 12 rings (SSSR count). The molecule has 0 N–H and O–H groups in total. The van der Waals surface area contributed by atoms with Crippen LogP contribution in [0.5, 0.6) is 0 Å². The predicted octanol–water partition coefficient (Wildman–Crippen LogP) is 17.2. The lowest BCUT2D eigenvalue weighted by Gasteiger charge is -2.28. The van der Waals surface area contributed by atoms with Crippen LogP contribution in [0.3, 0.4) is 0 Å². The number of furan rings is 1. The SMILES string of the molecule is c1ccc(N(c2ccc(-c3cccc4ccccc34)cc2)c2ccc(-c3cccc4oc5ccccc5c34)cc2)c(-c2ccc(-c3ccc4c(ccc5ccccc54)c3)cc2)c1. The van der Waals surface area contributed by atoms with Crippen LogP contribution in [0.4, 0.5) is 17.1 Å². The maximum absolute atomic E-state index is 6.27. The van der Waals surface area contributed by atoms with Crippen molar-refractivity contribution in [2.75, 3.05) is 4.90 Å². The summed E-state index contributed by atoms with van der Waals surface area (Å²) < 4.78 is 6.27. The molecule has 0 amide bonds. The third kappa shape index (κ3) is 6.12. The summed E-state index contributed by atoms with van der Waals surface area (Å²) in [5.74, 6) is 0. The van der Waals surface area contributed by atoms with Crippen LogP contribution in [-0.2, 0) is 0 Å². The van der Waals surface area contributed by atoms with E-state index in [0.717, 1.165) is 61.3 Å². The zero-order chi connectivity index (χ0) is 41.0. The lowest BCUT2D eigenvalue weighted by Crippen LogP contribution is -2.11.